The van der Waals surface area contributed by atoms with E-state index in [0.29, 0.717) is 42.8 Å². The van der Waals surface area contributed by atoms with E-state index in [1.807, 2.05) is 4.90 Å². The van der Waals surface area contributed by atoms with E-state index in [9.17, 15) is 18.0 Å². The molecule has 1 aliphatic rings. The van der Waals surface area contributed by atoms with Gasteiger partial charge in [0.05, 0.1) is 24.3 Å². The van der Waals surface area contributed by atoms with Gasteiger partial charge in [-0.3, -0.25) is 0 Å². The smallest absolute Gasteiger partial charge is 0.378 e. The van der Waals surface area contributed by atoms with Crippen molar-refractivity contribution in [2.45, 2.75) is 12.7 Å². The Morgan fingerprint density at radius 1 is 1.06 bits per heavy atom. The lowest BCUT2D eigenvalue weighted by atomic mass is 10.1. The first-order chi connectivity index (χ1) is 16.3. The minimum absolute atomic E-state index is 0.0132. The Labute approximate surface area is 196 Å². The molecule has 9 nitrogen and oxygen atoms in total. The first-order valence-corrected chi connectivity index (χ1v) is 10.5. The van der Waals surface area contributed by atoms with Crippen LogP contribution in [0.1, 0.15) is 21.5 Å². The Balaban J connectivity index is 1.52. The fraction of sp³-hybridized carbons (Fsp3) is 0.286. The SMILES string of the molecule is O=C(ON=C(Cn1nnc(N2CCOCC2)n1)c1ccc(Cl)cc1)c1ccc(C(F)(F)F)cc1. The number of rotatable bonds is 6. The van der Waals surface area contributed by atoms with E-state index in [-0.39, 0.29) is 17.8 Å². The van der Waals surface area contributed by atoms with Crippen molar-refractivity contribution in [1.29, 1.82) is 0 Å². The van der Waals surface area contributed by atoms with E-state index in [2.05, 4.69) is 20.6 Å². The van der Waals surface area contributed by atoms with Crippen molar-refractivity contribution in [2.24, 2.45) is 5.16 Å². The summed E-state index contributed by atoms with van der Waals surface area (Å²) in [5.41, 5.74) is -0.0962. The second-order valence-corrected chi connectivity index (χ2v) is 7.65. The van der Waals surface area contributed by atoms with Gasteiger partial charge in [0.15, 0.2) is 0 Å². The Kier molecular flexibility index (Phi) is 7.08. The summed E-state index contributed by atoms with van der Waals surface area (Å²) >= 11 is 5.96. The van der Waals surface area contributed by atoms with Gasteiger partial charge in [-0.1, -0.05) is 34.0 Å². The third-order valence-corrected chi connectivity index (χ3v) is 5.14. The number of benzene rings is 2. The van der Waals surface area contributed by atoms with Crippen LogP contribution in [0.15, 0.2) is 53.7 Å². The maximum absolute atomic E-state index is 12.7. The van der Waals surface area contributed by atoms with Gasteiger partial charge in [0.2, 0.25) is 0 Å². The molecule has 0 unspecified atom stereocenters. The van der Waals surface area contributed by atoms with Crippen LogP contribution < -0.4 is 4.90 Å². The number of aromatic nitrogens is 4. The van der Waals surface area contributed by atoms with E-state index in [1.165, 1.54) is 4.80 Å². The predicted molar refractivity (Wildman–Crippen MR) is 116 cm³/mol. The molecule has 178 valence electrons. The number of carbonyl (C=O) groups is 1. The number of carbonyl (C=O) groups excluding carboxylic acids is 1. The van der Waals surface area contributed by atoms with Crippen LogP contribution in [0.4, 0.5) is 19.1 Å². The molecule has 0 radical (unpaired) electrons. The molecule has 1 saturated heterocycles. The fourth-order valence-electron chi connectivity index (χ4n) is 3.09. The number of oxime groups is 1. The zero-order valence-electron chi connectivity index (χ0n) is 17.6. The summed E-state index contributed by atoms with van der Waals surface area (Å²) < 4.78 is 43.5. The fourth-order valence-corrected chi connectivity index (χ4v) is 3.21. The average Bonchev–Trinajstić information content (AvgIpc) is 3.31. The number of hydrogen-bond acceptors (Lipinski definition) is 8. The van der Waals surface area contributed by atoms with E-state index < -0.39 is 17.7 Å². The van der Waals surface area contributed by atoms with Gasteiger partial charge in [0.1, 0.15) is 12.3 Å². The van der Waals surface area contributed by atoms with E-state index >= 15 is 0 Å². The van der Waals surface area contributed by atoms with E-state index in [1.54, 1.807) is 24.3 Å². The van der Waals surface area contributed by atoms with Crippen molar-refractivity contribution in [3.8, 4) is 0 Å². The van der Waals surface area contributed by atoms with Crippen LogP contribution in [0.2, 0.25) is 5.02 Å². The normalized spacial score (nSPS) is 14.8. The van der Waals surface area contributed by atoms with Gasteiger partial charge < -0.3 is 14.5 Å². The van der Waals surface area contributed by atoms with Crippen molar-refractivity contribution >= 4 is 29.2 Å². The standard InChI is InChI=1S/C21H18ClF3N6O3/c22-17-7-3-14(4-8-17)18(13-31-27-20(26-29-31)30-9-11-33-12-10-30)28-34-19(32)15-1-5-16(6-2-15)21(23,24)25/h1-8H,9-13H2. The third-order valence-electron chi connectivity index (χ3n) is 4.89. The summed E-state index contributed by atoms with van der Waals surface area (Å²) in [4.78, 5) is 20.6. The molecule has 0 N–H and O–H groups in total. The van der Waals surface area contributed by atoms with Crippen LogP contribution >= 0.6 is 11.6 Å². The summed E-state index contributed by atoms with van der Waals surface area (Å²) in [6.45, 7) is 2.40. The molecule has 0 spiro atoms. The quantitative estimate of drug-likeness (QED) is 0.294. The highest BCUT2D eigenvalue weighted by Gasteiger charge is 2.30. The largest absolute Gasteiger partial charge is 0.416 e. The lowest BCUT2D eigenvalue weighted by Crippen LogP contribution is -2.37. The van der Waals surface area contributed by atoms with E-state index in [4.69, 9.17) is 21.2 Å². The highest BCUT2D eigenvalue weighted by molar-refractivity contribution is 6.30. The number of tetrazole rings is 1. The second-order valence-electron chi connectivity index (χ2n) is 7.22. The Bertz CT molecular complexity index is 1160. The molecular formula is C21H18ClF3N6O3. The number of ether oxygens (including phenoxy) is 1. The van der Waals surface area contributed by atoms with Crippen molar-refractivity contribution in [2.75, 3.05) is 31.2 Å². The number of halogens is 4. The number of anilines is 1. The lowest BCUT2D eigenvalue weighted by molar-refractivity contribution is -0.137. The van der Waals surface area contributed by atoms with Gasteiger partial charge in [-0.15, -0.1) is 5.10 Å². The molecule has 2 aromatic carbocycles. The maximum Gasteiger partial charge on any atom is 0.416 e. The molecule has 1 aliphatic heterocycles. The van der Waals surface area contributed by atoms with Gasteiger partial charge >= 0.3 is 12.1 Å². The second kappa shape index (κ2) is 10.2. The van der Waals surface area contributed by atoms with Crippen LogP contribution in [-0.4, -0.2) is 58.2 Å². The molecule has 1 aromatic heterocycles. The minimum atomic E-state index is -4.51. The number of hydrogen-bond donors (Lipinski definition) is 0. The molecule has 34 heavy (non-hydrogen) atoms. The van der Waals surface area contributed by atoms with Crippen molar-refractivity contribution < 1.29 is 27.5 Å². The van der Waals surface area contributed by atoms with Crippen molar-refractivity contribution in [1.82, 2.24) is 20.2 Å². The summed E-state index contributed by atoms with van der Waals surface area (Å²) in [7, 11) is 0. The molecule has 13 heteroatoms. The summed E-state index contributed by atoms with van der Waals surface area (Å²) in [6, 6.07) is 10.3. The zero-order valence-corrected chi connectivity index (χ0v) is 18.3. The zero-order chi connectivity index (χ0) is 24.1. The van der Waals surface area contributed by atoms with Gasteiger partial charge in [-0.05, 0) is 41.6 Å². The van der Waals surface area contributed by atoms with E-state index in [0.717, 1.165) is 24.3 Å². The molecule has 3 aromatic rings. The predicted octanol–water partition coefficient (Wildman–Crippen LogP) is 3.44. The topological polar surface area (TPSA) is 94.7 Å². The third kappa shape index (κ3) is 5.88. The molecule has 0 atom stereocenters. The molecular weight excluding hydrogens is 477 g/mol. The number of nitrogens with zero attached hydrogens (tertiary/aromatic N) is 6. The number of morpholine rings is 1. The summed E-state index contributed by atoms with van der Waals surface area (Å²) in [5, 5.41) is 16.9. The average molecular weight is 495 g/mol. The van der Waals surface area contributed by atoms with Crippen LogP contribution in [0, 0.1) is 0 Å². The van der Waals surface area contributed by atoms with Gasteiger partial charge in [-0.25, -0.2) is 4.79 Å². The van der Waals surface area contributed by atoms with Crippen molar-refractivity contribution in [3.63, 3.8) is 0 Å². The molecule has 0 aliphatic carbocycles. The maximum atomic E-state index is 12.7. The Morgan fingerprint density at radius 3 is 2.35 bits per heavy atom. The highest BCUT2D eigenvalue weighted by Crippen LogP contribution is 2.29. The van der Waals surface area contributed by atoms with Crippen LogP contribution in [-0.2, 0) is 22.3 Å². The first-order valence-electron chi connectivity index (χ1n) is 10.1. The number of alkyl halides is 3. The molecule has 0 saturated carbocycles. The lowest BCUT2D eigenvalue weighted by Gasteiger charge is -2.24. The van der Waals surface area contributed by atoms with Crippen LogP contribution in [0.5, 0.6) is 0 Å². The van der Waals surface area contributed by atoms with Crippen LogP contribution in [0.3, 0.4) is 0 Å². The highest BCUT2D eigenvalue weighted by atomic mass is 35.5. The Hall–Kier alpha value is -3.51. The summed E-state index contributed by atoms with van der Waals surface area (Å²) in [6.07, 6.45) is -4.51. The van der Waals surface area contributed by atoms with Gasteiger partial charge in [0.25, 0.3) is 5.95 Å². The minimum Gasteiger partial charge on any atom is -0.378 e. The first kappa shape index (κ1) is 23.6. The summed E-state index contributed by atoms with van der Waals surface area (Å²) in [5.74, 6) is -0.485. The van der Waals surface area contributed by atoms with Gasteiger partial charge in [0, 0.05) is 23.7 Å². The molecule has 4 rings (SSSR count). The molecule has 1 fully saturated rings. The Morgan fingerprint density at radius 2 is 1.71 bits per heavy atom. The molecule has 0 amide bonds. The monoisotopic (exact) mass is 494 g/mol. The molecule has 2 heterocycles. The van der Waals surface area contributed by atoms with Crippen molar-refractivity contribution in [3.05, 3.63) is 70.2 Å². The molecule has 0 bridgehead atoms. The van der Waals surface area contributed by atoms with Crippen LogP contribution in [0.25, 0.3) is 0 Å². The van der Waals surface area contributed by atoms with Gasteiger partial charge in [-0.2, -0.15) is 18.0 Å².